The number of phosphoric acid groups is 2. The van der Waals surface area contributed by atoms with Crippen molar-refractivity contribution < 1.29 is 56.7 Å². The maximum absolute atomic E-state index is 13.2. The number of nitrogens with two attached hydrogens (primary N) is 2. The van der Waals surface area contributed by atoms with Crippen molar-refractivity contribution in [2.24, 2.45) is 0 Å². The molecule has 0 aliphatic carbocycles. The Kier molecular flexibility index (Phi) is 7.32. The predicted octanol–water partition coefficient (Wildman–Crippen LogP) is -1.74. The fourth-order valence-electron chi connectivity index (χ4n) is 5.38. The molecule has 242 valence electrons. The van der Waals surface area contributed by atoms with Crippen molar-refractivity contribution in [2.75, 3.05) is 24.7 Å². The highest BCUT2D eigenvalue weighted by molar-refractivity contribution is 7.47. The molecule has 24 heteroatoms. The van der Waals surface area contributed by atoms with Crippen LogP contribution in [0.1, 0.15) is 12.5 Å². The summed E-state index contributed by atoms with van der Waals surface area (Å²) in [4.78, 5) is 52.1. The molecule has 4 unspecified atom stereocenters. The van der Waals surface area contributed by atoms with Gasteiger partial charge in [-0.2, -0.15) is 4.98 Å². The van der Waals surface area contributed by atoms with Gasteiger partial charge in [0.2, 0.25) is 5.95 Å². The van der Waals surface area contributed by atoms with Crippen molar-refractivity contribution >= 4 is 49.6 Å². The number of imidazole rings is 2. The highest BCUT2D eigenvalue weighted by Crippen LogP contribution is 2.53. The minimum Gasteiger partial charge on any atom is -0.397 e. The van der Waals surface area contributed by atoms with Gasteiger partial charge in [0.15, 0.2) is 29.3 Å². The van der Waals surface area contributed by atoms with Crippen LogP contribution >= 0.6 is 15.6 Å². The number of pyridine rings is 1. The second kappa shape index (κ2) is 10.9. The predicted molar refractivity (Wildman–Crippen MR) is 146 cm³/mol. The van der Waals surface area contributed by atoms with Gasteiger partial charge in [0.1, 0.15) is 42.1 Å². The van der Waals surface area contributed by atoms with Crippen LogP contribution in [0.5, 0.6) is 0 Å². The summed E-state index contributed by atoms with van der Waals surface area (Å²) in [6.07, 6.45) is -8.82. The molecular weight excluding hydrogens is 648 g/mol. The zero-order valence-corrected chi connectivity index (χ0v) is 24.3. The van der Waals surface area contributed by atoms with Gasteiger partial charge >= 0.3 is 15.6 Å². The third-order valence-corrected chi connectivity index (χ3v) is 9.40. The second-order valence-corrected chi connectivity index (χ2v) is 13.1. The zero-order valence-electron chi connectivity index (χ0n) is 22.5. The number of nitrogens with one attached hydrogen (secondary N) is 1. The van der Waals surface area contributed by atoms with Gasteiger partial charge in [0, 0.05) is 6.20 Å². The molecule has 22 nitrogen and oxygen atoms in total. The van der Waals surface area contributed by atoms with Crippen LogP contribution in [0.25, 0.3) is 22.3 Å². The molecule has 10 atom stereocenters. The van der Waals surface area contributed by atoms with Crippen LogP contribution in [-0.2, 0) is 36.7 Å². The Hall–Kier alpha value is -3.37. The van der Waals surface area contributed by atoms with Gasteiger partial charge in [0.25, 0.3) is 5.56 Å². The number of nitrogen functional groups attached to an aromatic ring is 2. The SMILES string of the molecule is Nc1nc2c(ncn2[C@@H]2O[C@@H]3COP(=O)(O)O[C@@H]4C(O)[C@H](n5cnc6c(N)ccnc65)O[C@@H]4COP(=O)(O)OC2[C@H]3O)c(=O)[nH]1. The number of hydrogen-bond acceptors (Lipinski definition) is 17. The molecule has 45 heavy (non-hydrogen) atoms. The molecule has 0 aromatic carbocycles. The third-order valence-electron chi connectivity index (χ3n) is 7.43. The highest BCUT2D eigenvalue weighted by Gasteiger charge is 2.54. The lowest BCUT2D eigenvalue weighted by molar-refractivity contribution is -0.0672. The molecule has 0 saturated carbocycles. The van der Waals surface area contributed by atoms with Gasteiger partial charge in [-0.15, -0.1) is 0 Å². The first kappa shape index (κ1) is 30.3. The van der Waals surface area contributed by atoms with Crippen molar-refractivity contribution in [3.63, 3.8) is 0 Å². The minimum absolute atomic E-state index is 0.125. The van der Waals surface area contributed by atoms with Gasteiger partial charge in [-0.1, -0.05) is 0 Å². The molecule has 0 radical (unpaired) electrons. The van der Waals surface area contributed by atoms with Crippen LogP contribution in [0.3, 0.4) is 0 Å². The Morgan fingerprint density at radius 1 is 0.844 bits per heavy atom. The number of anilines is 2. The van der Waals surface area contributed by atoms with E-state index in [1.807, 2.05) is 0 Å². The van der Waals surface area contributed by atoms with E-state index in [4.69, 9.17) is 39.0 Å². The van der Waals surface area contributed by atoms with E-state index in [1.165, 1.54) is 23.2 Å². The Balaban J connectivity index is 1.21. The van der Waals surface area contributed by atoms with Gasteiger partial charge in [-0.05, 0) is 6.07 Å². The molecule has 3 aliphatic heterocycles. The van der Waals surface area contributed by atoms with E-state index in [1.54, 1.807) is 0 Å². The van der Waals surface area contributed by atoms with Crippen molar-refractivity contribution in [1.82, 2.24) is 34.1 Å². The molecule has 0 spiro atoms. The molecular formula is C21H25N9O13P2. The smallest absolute Gasteiger partial charge is 0.397 e. The number of aromatic nitrogens is 7. The maximum atomic E-state index is 13.2. The van der Waals surface area contributed by atoms with E-state index in [2.05, 4.69) is 24.9 Å². The lowest BCUT2D eigenvalue weighted by Crippen LogP contribution is -2.36. The molecule has 3 saturated heterocycles. The summed E-state index contributed by atoms with van der Waals surface area (Å²) in [6.45, 7) is -1.63. The average molecular weight is 673 g/mol. The monoisotopic (exact) mass is 673 g/mol. The Morgan fingerprint density at radius 2 is 1.47 bits per heavy atom. The van der Waals surface area contributed by atoms with Crippen LogP contribution < -0.4 is 17.0 Å². The molecule has 0 amide bonds. The normalized spacial score (nSPS) is 37.7. The molecule has 3 aliphatic rings. The summed E-state index contributed by atoms with van der Waals surface area (Å²) in [5.74, 6) is -0.281. The van der Waals surface area contributed by atoms with Crippen LogP contribution in [0, 0.1) is 0 Å². The number of ether oxygens (including phenoxy) is 2. The van der Waals surface area contributed by atoms with E-state index in [0.29, 0.717) is 0 Å². The van der Waals surface area contributed by atoms with Crippen LogP contribution in [0.15, 0.2) is 29.7 Å². The lowest BCUT2D eigenvalue weighted by atomic mass is 10.1. The summed E-state index contributed by atoms with van der Waals surface area (Å²) in [5, 5.41) is 22.1. The maximum Gasteiger partial charge on any atom is 0.472 e. The fourth-order valence-corrected chi connectivity index (χ4v) is 7.28. The molecule has 7 heterocycles. The lowest BCUT2D eigenvalue weighted by Gasteiger charge is -2.25. The van der Waals surface area contributed by atoms with Crippen LogP contribution in [0.2, 0.25) is 0 Å². The number of aliphatic hydroxyl groups excluding tert-OH is 2. The minimum atomic E-state index is -5.11. The largest absolute Gasteiger partial charge is 0.472 e. The second-order valence-electron chi connectivity index (χ2n) is 10.3. The summed E-state index contributed by atoms with van der Waals surface area (Å²) < 4.78 is 61.2. The Labute approximate surface area is 249 Å². The topological polar surface area (TPSA) is 317 Å². The zero-order chi connectivity index (χ0) is 31.8. The van der Waals surface area contributed by atoms with Crippen LogP contribution in [0.4, 0.5) is 11.6 Å². The molecule has 4 aromatic rings. The van der Waals surface area contributed by atoms with E-state index in [-0.39, 0.29) is 34.0 Å². The molecule has 2 bridgehead atoms. The molecule has 4 aromatic heterocycles. The number of nitrogens with zero attached hydrogens (tertiary/aromatic N) is 6. The quantitative estimate of drug-likeness (QED) is 0.116. The first-order chi connectivity index (χ1) is 21.3. The summed E-state index contributed by atoms with van der Waals surface area (Å²) >= 11 is 0. The standard InChI is InChI=1S/C21H25N9O13P2/c22-7-1-2-24-16-10(7)25-5-29(16)19-13(32)14-9(41-19)4-39-45(36,37)43-15-12(31)8(3-38-44(34,35)42-14)40-20(15)30-6-26-11-17(30)27-21(23)28-18(11)33/h1-2,5-6,8-9,12-15,19-20,31-32H,3-4H2,(H2,22,24)(H,34,35)(H,36,37)(H3,23,27,28,33)/t8-,9-,12+,13?,14+,15?,19-,20-/m1/s1. The highest BCUT2D eigenvalue weighted by atomic mass is 31.2. The third kappa shape index (κ3) is 5.33. The number of aromatic amines is 1. The van der Waals surface area contributed by atoms with E-state index < -0.39 is 83.5 Å². The summed E-state index contributed by atoms with van der Waals surface area (Å²) in [7, 11) is -10.2. The molecule has 9 N–H and O–H groups in total. The van der Waals surface area contributed by atoms with Gasteiger partial charge in [0.05, 0.1) is 31.6 Å². The van der Waals surface area contributed by atoms with Crippen molar-refractivity contribution in [3.05, 3.63) is 35.3 Å². The number of rotatable bonds is 2. The van der Waals surface area contributed by atoms with Gasteiger partial charge < -0.3 is 40.9 Å². The van der Waals surface area contributed by atoms with Crippen molar-refractivity contribution in [3.8, 4) is 0 Å². The van der Waals surface area contributed by atoms with E-state index >= 15 is 0 Å². The Morgan fingerprint density at radius 3 is 2.20 bits per heavy atom. The number of phosphoric ester groups is 2. The van der Waals surface area contributed by atoms with Gasteiger partial charge in [-0.3, -0.25) is 37.0 Å². The average Bonchev–Trinajstić information content (AvgIpc) is 3.72. The van der Waals surface area contributed by atoms with Crippen LogP contribution in [-0.4, -0.2) is 104 Å². The first-order valence-electron chi connectivity index (χ1n) is 13.1. The summed E-state index contributed by atoms with van der Waals surface area (Å²) in [5.41, 5.74) is 11.4. The fraction of sp³-hybridized carbons (Fsp3) is 0.476. The van der Waals surface area contributed by atoms with Crippen molar-refractivity contribution in [2.45, 2.75) is 49.1 Å². The van der Waals surface area contributed by atoms with Crippen molar-refractivity contribution in [1.29, 1.82) is 0 Å². The molecule has 7 rings (SSSR count). The number of H-pyrrole nitrogens is 1. The number of hydrogen-bond donors (Lipinski definition) is 7. The van der Waals surface area contributed by atoms with E-state index in [0.717, 1.165) is 10.9 Å². The summed E-state index contributed by atoms with van der Waals surface area (Å²) in [6, 6.07) is 1.51. The number of aliphatic hydroxyl groups is 2. The van der Waals surface area contributed by atoms with E-state index in [9.17, 15) is 33.9 Å². The van der Waals surface area contributed by atoms with Gasteiger partial charge in [-0.25, -0.2) is 24.1 Å². The number of fused-ring (bicyclic) bond motifs is 5. The first-order valence-corrected chi connectivity index (χ1v) is 16.1. The molecule has 3 fully saturated rings. The Bertz CT molecular complexity index is 1930.